The molecule has 0 unspecified atom stereocenters. The summed E-state index contributed by atoms with van der Waals surface area (Å²) in [5.41, 5.74) is 6.42. The molecule has 0 saturated heterocycles. The van der Waals surface area contributed by atoms with Gasteiger partial charge in [-0.2, -0.15) is 4.98 Å². The third-order valence-electron chi connectivity index (χ3n) is 2.77. The lowest BCUT2D eigenvalue weighted by atomic mass is 10.1. The average Bonchev–Trinajstić information content (AvgIpc) is 2.48. The van der Waals surface area contributed by atoms with Gasteiger partial charge in [0.05, 0.1) is 7.11 Å². The smallest absolute Gasteiger partial charge is 0.240 e. The van der Waals surface area contributed by atoms with E-state index < -0.39 is 11.9 Å². The maximum Gasteiger partial charge on any atom is 0.240 e. The van der Waals surface area contributed by atoms with E-state index in [1.807, 2.05) is 30.3 Å². The van der Waals surface area contributed by atoms with Gasteiger partial charge in [-0.05, 0) is 5.56 Å². The molecule has 1 atom stereocenters. The number of aromatic nitrogens is 2. The van der Waals surface area contributed by atoms with Gasteiger partial charge in [-0.25, -0.2) is 4.98 Å². The molecule has 6 nitrogen and oxygen atoms in total. The highest BCUT2D eigenvalue weighted by Gasteiger charge is 2.17. The lowest BCUT2D eigenvalue weighted by Crippen LogP contribution is -2.37. The van der Waals surface area contributed by atoms with Crippen LogP contribution < -0.4 is 15.8 Å². The number of benzene rings is 1. The first kappa shape index (κ1) is 13.8. The molecule has 1 aromatic heterocycles. The summed E-state index contributed by atoms with van der Waals surface area (Å²) in [7, 11) is 1.52. The molecule has 1 amide bonds. The average molecular weight is 272 g/mol. The van der Waals surface area contributed by atoms with Crippen LogP contribution in [0.1, 0.15) is 5.56 Å². The van der Waals surface area contributed by atoms with E-state index in [0.717, 1.165) is 5.56 Å². The van der Waals surface area contributed by atoms with Crippen molar-refractivity contribution in [1.29, 1.82) is 0 Å². The first-order valence-electron chi connectivity index (χ1n) is 6.16. The number of methoxy groups -OCH3 is 1. The standard InChI is InChI=1S/C14H16N4O2/c1-20-12-7-8-16-14(18-12)17-11(13(15)19)9-10-5-3-2-4-6-10/h2-8,11H,9H2,1H3,(H2,15,19)(H,16,17,18)/t11-/m1/s1. The highest BCUT2D eigenvalue weighted by molar-refractivity contribution is 5.82. The van der Waals surface area contributed by atoms with Crippen molar-refractivity contribution in [2.45, 2.75) is 12.5 Å². The van der Waals surface area contributed by atoms with Gasteiger partial charge in [0.25, 0.3) is 0 Å². The van der Waals surface area contributed by atoms with Crippen molar-refractivity contribution in [2.75, 3.05) is 12.4 Å². The number of ether oxygens (including phenoxy) is 1. The summed E-state index contributed by atoms with van der Waals surface area (Å²) in [6, 6.07) is 10.7. The summed E-state index contributed by atoms with van der Waals surface area (Å²) in [5, 5.41) is 2.92. The van der Waals surface area contributed by atoms with Gasteiger partial charge in [-0.15, -0.1) is 0 Å². The van der Waals surface area contributed by atoms with Crippen molar-refractivity contribution in [2.24, 2.45) is 5.73 Å². The van der Waals surface area contributed by atoms with E-state index in [2.05, 4.69) is 15.3 Å². The third-order valence-corrected chi connectivity index (χ3v) is 2.77. The van der Waals surface area contributed by atoms with Crippen LogP contribution in [0, 0.1) is 0 Å². The van der Waals surface area contributed by atoms with E-state index in [-0.39, 0.29) is 0 Å². The van der Waals surface area contributed by atoms with Gasteiger partial charge in [0.1, 0.15) is 6.04 Å². The van der Waals surface area contributed by atoms with E-state index in [1.165, 1.54) is 7.11 Å². The van der Waals surface area contributed by atoms with Crippen molar-refractivity contribution in [3.63, 3.8) is 0 Å². The normalized spacial score (nSPS) is 11.7. The van der Waals surface area contributed by atoms with E-state index in [9.17, 15) is 4.79 Å². The lowest BCUT2D eigenvalue weighted by Gasteiger charge is -2.15. The Labute approximate surface area is 117 Å². The molecule has 2 aromatic rings. The largest absolute Gasteiger partial charge is 0.481 e. The fourth-order valence-corrected chi connectivity index (χ4v) is 1.75. The number of nitrogens with zero attached hydrogens (tertiary/aromatic N) is 2. The highest BCUT2D eigenvalue weighted by atomic mass is 16.5. The Kier molecular flexibility index (Phi) is 4.49. The maximum atomic E-state index is 11.5. The lowest BCUT2D eigenvalue weighted by molar-refractivity contribution is -0.118. The molecule has 20 heavy (non-hydrogen) atoms. The first-order valence-corrected chi connectivity index (χ1v) is 6.16. The van der Waals surface area contributed by atoms with Gasteiger partial charge in [0.2, 0.25) is 17.7 Å². The van der Waals surface area contributed by atoms with Crippen LogP contribution in [-0.2, 0) is 11.2 Å². The summed E-state index contributed by atoms with van der Waals surface area (Å²) in [5.74, 6) is 0.273. The number of primary amides is 1. The minimum atomic E-state index is -0.579. The van der Waals surface area contributed by atoms with Gasteiger partial charge in [-0.3, -0.25) is 4.79 Å². The van der Waals surface area contributed by atoms with Crippen molar-refractivity contribution in [1.82, 2.24) is 9.97 Å². The second kappa shape index (κ2) is 6.51. The van der Waals surface area contributed by atoms with Crippen molar-refractivity contribution < 1.29 is 9.53 Å². The number of amides is 1. The number of rotatable bonds is 6. The molecule has 3 N–H and O–H groups in total. The maximum absolute atomic E-state index is 11.5. The van der Waals surface area contributed by atoms with E-state index in [0.29, 0.717) is 18.2 Å². The molecule has 0 radical (unpaired) electrons. The second-order valence-electron chi connectivity index (χ2n) is 4.21. The Hall–Kier alpha value is -2.63. The Bertz CT molecular complexity index is 574. The molecule has 0 fully saturated rings. The van der Waals surface area contributed by atoms with E-state index in [4.69, 9.17) is 10.5 Å². The van der Waals surface area contributed by atoms with Crippen LogP contribution in [0.2, 0.25) is 0 Å². The predicted molar refractivity (Wildman–Crippen MR) is 75.3 cm³/mol. The molecule has 0 aliphatic carbocycles. The molecule has 0 bridgehead atoms. The Morgan fingerprint density at radius 1 is 1.35 bits per heavy atom. The van der Waals surface area contributed by atoms with Gasteiger partial charge >= 0.3 is 0 Å². The minimum Gasteiger partial charge on any atom is -0.481 e. The monoisotopic (exact) mass is 272 g/mol. The first-order chi connectivity index (χ1) is 9.69. The quantitative estimate of drug-likeness (QED) is 0.818. The minimum absolute atomic E-state index is 0.309. The van der Waals surface area contributed by atoms with Crippen LogP contribution in [0.5, 0.6) is 5.88 Å². The number of hydrogen-bond acceptors (Lipinski definition) is 5. The van der Waals surface area contributed by atoms with Gasteiger partial charge in [-0.1, -0.05) is 30.3 Å². The zero-order chi connectivity index (χ0) is 14.4. The Morgan fingerprint density at radius 3 is 2.75 bits per heavy atom. The number of nitrogens with one attached hydrogen (secondary N) is 1. The number of carbonyl (C=O) groups is 1. The molecule has 0 spiro atoms. The van der Waals surface area contributed by atoms with Gasteiger partial charge in [0, 0.05) is 18.7 Å². The summed E-state index contributed by atoms with van der Waals surface area (Å²) in [6.45, 7) is 0. The summed E-state index contributed by atoms with van der Waals surface area (Å²) < 4.78 is 5.01. The Balaban J connectivity index is 2.11. The van der Waals surface area contributed by atoms with Crippen LogP contribution in [0.4, 0.5) is 5.95 Å². The van der Waals surface area contributed by atoms with Crippen LogP contribution in [0.15, 0.2) is 42.6 Å². The summed E-state index contributed by atoms with van der Waals surface area (Å²) in [6.07, 6.45) is 2.02. The van der Waals surface area contributed by atoms with E-state index >= 15 is 0 Å². The van der Waals surface area contributed by atoms with E-state index in [1.54, 1.807) is 12.3 Å². The zero-order valence-electron chi connectivity index (χ0n) is 11.1. The summed E-state index contributed by atoms with van der Waals surface area (Å²) in [4.78, 5) is 19.7. The van der Waals surface area contributed by atoms with Crippen LogP contribution in [0.3, 0.4) is 0 Å². The number of anilines is 1. The molecular weight excluding hydrogens is 256 g/mol. The van der Waals surface area contributed by atoms with Gasteiger partial charge < -0.3 is 15.8 Å². The SMILES string of the molecule is COc1ccnc(N[C@H](Cc2ccccc2)C(N)=O)n1. The molecule has 0 aliphatic heterocycles. The molecule has 1 heterocycles. The molecule has 2 rings (SSSR count). The fourth-order valence-electron chi connectivity index (χ4n) is 1.75. The molecule has 1 aromatic carbocycles. The molecule has 0 saturated carbocycles. The van der Waals surface area contributed by atoms with Crippen molar-refractivity contribution in [3.8, 4) is 5.88 Å². The number of carbonyl (C=O) groups excluding carboxylic acids is 1. The molecular formula is C14H16N4O2. The molecule has 6 heteroatoms. The van der Waals surface area contributed by atoms with Crippen LogP contribution >= 0.6 is 0 Å². The van der Waals surface area contributed by atoms with Crippen molar-refractivity contribution >= 4 is 11.9 Å². The Morgan fingerprint density at radius 2 is 2.10 bits per heavy atom. The predicted octanol–water partition coefficient (Wildman–Crippen LogP) is 0.994. The topological polar surface area (TPSA) is 90.1 Å². The fraction of sp³-hybridized carbons (Fsp3) is 0.214. The number of nitrogens with two attached hydrogens (primary N) is 1. The number of hydrogen-bond donors (Lipinski definition) is 2. The molecule has 0 aliphatic rings. The molecule has 104 valence electrons. The second-order valence-corrected chi connectivity index (χ2v) is 4.21. The highest BCUT2D eigenvalue weighted by Crippen LogP contribution is 2.10. The van der Waals surface area contributed by atoms with Gasteiger partial charge in [0.15, 0.2) is 0 Å². The third kappa shape index (κ3) is 3.68. The van der Waals surface area contributed by atoms with Crippen LogP contribution in [-0.4, -0.2) is 29.0 Å². The van der Waals surface area contributed by atoms with Crippen LogP contribution in [0.25, 0.3) is 0 Å². The summed E-state index contributed by atoms with van der Waals surface area (Å²) >= 11 is 0. The van der Waals surface area contributed by atoms with Crippen molar-refractivity contribution in [3.05, 3.63) is 48.2 Å². The zero-order valence-corrected chi connectivity index (χ0v) is 11.1.